The van der Waals surface area contributed by atoms with Crippen molar-refractivity contribution in [2.24, 2.45) is 0 Å². The highest BCUT2D eigenvalue weighted by Gasteiger charge is 2.11. The summed E-state index contributed by atoms with van der Waals surface area (Å²) in [7, 11) is 0. The van der Waals surface area contributed by atoms with Crippen LogP contribution in [-0.4, -0.2) is 11.9 Å². The van der Waals surface area contributed by atoms with Crippen LogP contribution in [0.2, 0.25) is 0 Å². The summed E-state index contributed by atoms with van der Waals surface area (Å²) in [6, 6.07) is 7.71. The quantitative estimate of drug-likeness (QED) is 0.733. The van der Waals surface area contributed by atoms with Crippen LogP contribution in [0.3, 0.4) is 0 Å². The molecule has 0 saturated heterocycles. The van der Waals surface area contributed by atoms with Crippen LogP contribution in [-0.2, 0) is 4.79 Å². The van der Waals surface area contributed by atoms with Gasteiger partial charge in [-0.1, -0.05) is 24.6 Å². The summed E-state index contributed by atoms with van der Waals surface area (Å²) < 4.78 is 5.47. The predicted molar refractivity (Wildman–Crippen MR) is 56.6 cm³/mol. The molecule has 1 atom stereocenters. The molecule has 2 nitrogen and oxygen atoms in total. The van der Waals surface area contributed by atoms with E-state index in [1.165, 1.54) is 5.56 Å². The lowest BCUT2D eigenvalue weighted by Crippen LogP contribution is -2.22. The average molecular weight is 192 g/mol. The van der Waals surface area contributed by atoms with Gasteiger partial charge < -0.3 is 4.74 Å². The molecule has 1 aromatic carbocycles. The van der Waals surface area contributed by atoms with Crippen LogP contribution >= 0.6 is 0 Å². The molecule has 76 valence electrons. The van der Waals surface area contributed by atoms with Crippen LogP contribution in [0.15, 0.2) is 24.3 Å². The van der Waals surface area contributed by atoms with E-state index < -0.39 is 0 Å². The zero-order valence-corrected chi connectivity index (χ0v) is 8.91. The van der Waals surface area contributed by atoms with E-state index in [4.69, 9.17) is 4.74 Å². The van der Waals surface area contributed by atoms with Crippen LogP contribution in [0.1, 0.15) is 25.8 Å². The van der Waals surface area contributed by atoms with Gasteiger partial charge in [0.25, 0.3) is 0 Å². The zero-order valence-electron chi connectivity index (χ0n) is 8.91. The number of rotatable bonds is 4. The maximum atomic E-state index is 11.3. The van der Waals surface area contributed by atoms with Crippen molar-refractivity contribution in [3.8, 4) is 5.75 Å². The monoisotopic (exact) mass is 192 g/mol. The Balaban J connectivity index is 2.60. The molecular formula is C12H16O2. The number of hydrogen-bond donors (Lipinski definition) is 0. The first kappa shape index (κ1) is 10.8. The first-order chi connectivity index (χ1) is 6.63. The van der Waals surface area contributed by atoms with Gasteiger partial charge in [0.15, 0.2) is 11.9 Å². The van der Waals surface area contributed by atoms with Crippen molar-refractivity contribution < 1.29 is 9.53 Å². The number of carbonyl (C=O) groups excluding carboxylic acids is 1. The topological polar surface area (TPSA) is 26.3 Å². The van der Waals surface area contributed by atoms with E-state index >= 15 is 0 Å². The van der Waals surface area contributed by atoms with E-state index in [9.17, 15) is 4.79 Å². The summed E-state index contributed by atoms with van der Waals surface area (Å²) in [4.78, 5) is 11.3. The van der Waals surface area contributed by atoms with Crippen LogP contribution < -0.4 is 4.74 Å². The Bertz CT molecular complexity index is 301. The molecule has 2 heteroatoms. The maximum Gasteiger partial charge on any atom is 0.172 e. The van der Waals surface area contributed by atoms with Crippen molar-refractivity contribution >= 4 is 5.78 Å². The smallest absolute Gasteiger partial charge is 0.172 e. The van der Waals surface area contributed by atoms with Crippen molar-refractivity contribution in [3.63, 3.8) is 0 Å². The highest BCUT2D eigenvalue weighted by Crippen LogP contribution is 2.13. The third-order valence-corrected chi connectivity index (χ3v) is 2.14. The highest BCUT2D eigenvalue weighted by molar-refractivity contribution is 5.82. The Morgan fingerprint density at radius 3 is 2.43 bits per heavy atom. The average Bonchev–Trinajstić information content (AvgIpc) is 2.20. The van der Waals surface area contributed by atoms with E-state index in [1.807, 2.05) is 38.1 Å². The van der Waals surface area contributed by atoms with Gasteiger partial charge in [0.1, 0.15) is 5.75 Å². The molecule has 0 aliphatic heterocycles. The highest BCUT2D eigenvalue weighted by atomic mass is 16.5. The SMILES string of the molecule is CCC(=O)C(C)Oc1ccc(C)cc1. The van der Waals surface area contributed by atoms with Gasteiger partial charge in [0.05, 0.1) is 0 Å². The Morgan fingerprint density at radius 2 is 1.93 bits per heavy atom. The summed E-state index contributed by atoms with van der Waals surface area (Å²) in [6.07, 6.45) is 0.176. The van der Waals surface area contributed by atoms with Gasteiger partial charge in [-0.15, -0.1) is 0 Å². The second-order valence-corrected chi connectivity index (χ2v) is 3.39. The number of Topliss-reactive ketones (excluding diaryl/α,β-unsaturated/α-hetero) is 1. The molecule has 0 N–H and O–H groups in total. The van der Waals surface area contributed by atoms with E-state index in [0.29, 0.717) is 6.42 Å². The fraction of sp³-hybridized carbons (Fsp3) is 0.417. The molecule has 0 amide bonds. The minimum Gasteiger partial charge on any atom is -0.483 e. The summed E-state index contributed by atoms with van der Waals surface area (Å²) in [5, 5.41) is 0. The summed E-state index contributed by atoms with van der Waals surface area (Å²) in [5.41, 5.74) is 1.19. The molecule has 0 bridgehead atoms. The van der Waals surface area contributed by atoms with Crippen LogP contribution in [0.5, 0.6) is 5.75 Å². The van der Waals surface area contributed by atoms with Crippen LogP contribution in [0, 0.1) is 6.92 Å². The number of hydrogen-bond acceptors (Lipinski definition) is 2. The summed E-state index contributed by atoms with van der Waals surface area (Å²) >= 11 is 0. The lowest BCUT2D eigenvalue weighted by atomic mass is 10.2. The van der Waals surface area contributed by atoms with Gasteiger partial charge in [-0.3, -0.25) is 4.79 Å². The molecule has 0 aromatic heterocycles. The van der Waals surface area contributed by atoms with E-state index in [2.05, 4.69) is 0 Å². The number of benzene rings is 1. The summed E-state index contributed by atoms with van der Waals surface area (Å²) in [5.74, 6) is 0.885. The molecule has 1 unspecified atom stereocenters. The Morgan fingerprint density at radius 1 is 1.36 bits per heavy atom. The molecule has 1 aromatic rings. The minimum absolute atomic E-state index is 0.130. The maximum absolute atomic E-state index is 11.3. The first-order valence-corrected chi connectivity index (χ1v) is 4.89. The third kappa shape index (κ3) is 2.87. The molecule has 0 radical (unpaired) electrons. The molecular weight excluding hydrogens is 176 g/mol. The third-order valence-electron chi connectivity index (χ3n) is 2.14. The molecule has 0 aliphatic rings. The minimum atomic E-state index is -0.345. The zero-order chi connectivity index (χ0) is 10.6. The van der Waals surface area contributed by atoms with Crippen LogP contribution in [0.4, 0.5) is 0 Å². The lowest BCUT2D eigenvalue weighted by molar-refractivity contribution is -0.124. The van der Waals surface area contributed by atoms with Gasteiger partial charge in [-0.25, -0.2) is 0 Å². The molecule has 0 heterocycles. The van der Waals surface area contributed by atoms with E-state index in [0.717, 1.165) is 5.75 Å². The lowest BCUT2D eigenvalue weighted by Gasteiger charge is -2.12. The summed E-state index contributed by atoms with van der Waals surface area (Å²) in [6.45, 7) is 5.65. The van der Waals surface area contributed by atoms with Gasteiger partial charge in [-0.05, 0) is 26.0 Å². The van der Waals surface area contributed by atoms with E-state index in [-0.39, 0.29) is 11.9 Å². The van der Waals surface area contributed by atoms with Crippen molar-refractivity contribution in [1.29, 1.82) is 0 Å². The normalized spacial score (nSPS) is 12.2. The molecule has 0 spiro atoms. The molecule has 1 rings (SSSR count). The second kappa shape index (κ2) is 4.80. The van der Waals surface area contributed by atoms with E-state index in [1.54, 1.807) is 6.92 Å². The molecule has 14 heavy (non-hydrogen) atoms. The Labute approximate surface area is 84.9 Å². The van der Waals surface area contributed by atoms with Crippen molar-refractivity contribution in [2.45, 2.75) is 33.3 Å². The van der Waals surface area contributed by atoms with Crippen molar-refractivity contribution in [1.82, 2.24) is 0 Å². The van der Waals surface area contributed by atoms with Gasteiger partial charge >= 0.3 is 0 Å². The number of ether oxygens (including phenoxy) is 1. The van der Waals surface area contributed by atoms with Crippen molar-refractivity contribution in [3.05, 3.63) is 29.8 Å². The van der Waals surface area contributed by atoms with Gasteiger partial charge in [-0.2, -0.15) is 0 Å². The van der Waals surface area contributed by atoms with Gasteiger partial charge in [0, 0.05) is 6.42 Å². The van der Waals surface area contributed by atoms with Gasteiger partial charge in [0.2, 0.25) is 0 Å². The Kier molecular flexibility index (Phi) is 3.69. The molecule has 0 saturated carbocycles. The fourth-order valence-corrected chi connectivity index (χ4v) is 1.17. The molecule has 0 fully saturated rings. The molecule has 0 aliphatic carbocycles. The number of aryl methyl sites for hydroxylation is 1. The standard InChI is InChI=1S/C12H16O2/c1-4-12(13)10(3)14-11-7-5-9(2)6-8-11/h5-8,10H,4H2,1-3H3. The Hall–Kier alpha value is -1.31. The van der Waals surface area contributed by atoms with Crippen LogP contribution in [0.25, 0.3) is 0 Å². The fourth-order valence-electron chi connectivity index (χ4n) is 1.17. The first-order valence-electron chi connectivity index (χ1n) is 4.89. The van der Waals surface area contributed by atoms with Crippen molar-refractivity contribution in [2.75, 3.05) is 0 Å². The largest absolute Gasteiger partial charge is 0.483 e. The predicted octanol–water partition coefficient (Wildman–Crippen LogP) is 2.74. The number of ketones is 1. The number of carbonyl (C=O) groups is 1. The second-order valence-electron chi connectivity index (χ2n) is 3.39.